The number of carboxylic acids is 2. The van der Waals surface area contributed by atoms with Gasteiger partial charge in [-0.25, -0.2) is 9.59 Å². The highest BCUT2D eigenvalue weighted by Crippen LogP contribution is 2.51. The first-order valence-electron chi connectivity index (χ1n) is 9.96. The van der Waals surface area contributed by atoms with Crippen LogP contribution in [0.2, 0.25) is 10.0 Å². The molecule has 3 heterocycles. The van der Waals surface area contributed by atoms with Gasteiger partial charge in [-0.1, -0.05) is 47.1 Å². The Labute approximate surface area is 190 Å². The fourth-order valence-corrected chi connectivity index (χ4v) is 5.10. The highest BCUT2D eigenvalue weighted by atomic mass is 35.5. The molecule has 3 aliphatic rings. The van der Waals surface area contributed by atoms with Crippen LogP contribution in [0.25, 0.3) is 0 Å². The van der Waals surface area contributed by atoms with Crippen molar-refractivity contribution < 1.29 is 24.6 Å². The van der Waals surface area contributed by atoms with Gasteiger partial charge in [0, 0.05) is 36.7 Å². The summed E-state index contributed by atoms with van der Waals surface area (Å²) < 4.78 is 0. The van der Waals surface area contributed by atoms with E-state index in [-0.39, 0.29) is 0 Å². The largest absolute Gasteiger partial charge is 0.478 e. The number of hydrogen-bond acceptors (Lipinski definition) is 5. The molecule has 3 aliphatic heterocycles. The predicted octanol–water partition coefficient (Wildman–Crippen LogP) is 4.21. The second kappa shape index (κ2) is 10.3. The van der Waals surface area contributed by atoms with Gasteiger partial charge in [0.25, 0.3) is 0 Å². The van der Waals surface area contributed by atoms with E-state index in [2.05, 4.69) is 22.7 Å². The van der Waals surface area contributed by atoms with E-state index >= 15 is 0 Å². The van der Waals surface area contributed by atoms with E-state index in [1.807, 2.05) is 12.1 Å². The standard InChI is InChI=1S/C18H20Cl2N2O.C4H4O4/c1-2-7-23-21-16-10-22-12-4-6-17(22)18(16)13(9-12)11-3-5-14(19)15(20)8-11;5-3(6)1-2-4(7)8/h2-3,5,8,12-13,17-18H,1,4,6-7,9-10H2;1-2H,(H,5,6)(H,7,8)/t12-,13+,17+,18+;/m0./s1. The number of piperidine rings is 1. The molecule has 1 unspecified atom stereocenters. The van der Waals surface area contributed by atoms with Crippen LogP contribution in [0.1, 0.15) is 30.7 Å². The first-order chi connectivity index (χ1) is 14.8. The fraction of sp³-hybridized carbons (Fsp3) is 0.409. The lowest BCUT2D eigenvalue weighted by atomic mass is 9.77. The number of hydrogen-bond donors (Lipinski definition) is 2. The Balaban J connectivity index is 0.000000293. The molecule has 3 fully saturated rings. The molecule has 3 saturated heterocycles. The Bertz CT molecular complexity index is 901. The van der Waals surface area contributed by atoms with Crippen molar-refractivity contribution in [3.63, 3.8) is 0 Å². The number of oxime groups is 1. The van der Waals surface area contributed by atoms with E-state index in [9.17, 15) is 9.59 Å². The average Bonchev–Trinajstić information content (AvgIpc) is 3.14. The quantitative estimate of drug-likeness (QED) is 0.281. The van der Waals surface area contributed by atoms with E-state index in [1.165, 1.54) is 30.5 Å². The zero-order chi connectivity index (χ0) is 22.5. The average molecular weight is 467 g/mol. The van der Waals surface area contributed by atoms with Gasteiger partial charge in [-0.3, -0.25) is 4.90 Å². The van der Waals surface area contributed by atoms with Gasteiger partial charge < -0.3 is 15.1 Å². The van der Waals surface area contributed by atoms with Gasteiger partial charge >= 0.3 is 11.9 Å². The van der Waals surface area contributed by atoms with Gasteiger partial charge in [0.2, 0.25) is 0 Å². The SMILES string of the molecule is C=CCON=C1CN2[C@H]3CC[C@@H]2[C@@H]1[C@@H](c1ccc(Cl)c(Cl)c1)C3.O=C(O)C=CC(=O)O. The molecular formula is C22H24Cl2N2O5. The molecule has 2 N–H and O–H groups in total. The van der Waals surface area contributed by atoms with Crippen molar-refractivity contribution in [1.82, 2.24) is 4.90 Å². The third kappa shape index (κ3) is 5.47. The van der Waals surface area contributed by atoms with Gasteiger partial charge in [0.15, 0.2) is 0 Å². The van der Waals surface area contributed by atoms with Crippen molar-refractivity contribution >= 4 is 40.9 Å². The monoisotopic (exact) mass is 466 g/mol. The Kier molecular flexibility index (Phi) is 7.75. The van der Waals surface area contributed by atoms with Crippen LogP contribution in [-0.2, 0) is 14.4 Å². The summed E-state index contributed by atoms with van der Waals surface area (Å²) in [6.07, 6.45) is 6.56. The van der Waals surface area contributed by atoms with Crippen LogP contribution in [0.5, 0.6) is 0 Å². The lowest BCUT2D eigenvalue weighted by molar-refractivity contribution is -0.134. The molecule has 0 amide bonds. The third-order valence-corrected chi connectivity index (χ3v) is 6.65. The van der Waals surface area contributed by atoms with Crippen LogP contribution in [0.15, 0.2) is 48.2 Å². The summed E-state index contributed by atoms with van der Waals surface area (Å²) >= 11 is 12.3. The van der Waals surface area contributed by atoms with E-state index in [4.69, 9.17) is 38.3 Å². The highest BCUT2D eigenvalue weighted by molar-refractivity contribution is 6.42. The molecule has 7 nitrogen and oxygen atoms in total. The lowest BCUT2D eigenvalue weighted by Crippen LogP contribution is -2.40. The molecule has 31 heavy (non-hydrogen) atoms. The number of nitrogens with zero attached hydrogens (tertiary/aromatic N) is 2. The number of rotatable bonds is 6. The fourth-order valence-electron chi connectivity index (χ4n) is 4.80. The predicted molar refractivity (Wildman–Crippen MR) is 119 cm³/mol. The van der Waals surface area contributed by atoms with Crippen molar-refractivity contribution in [3.8, 4) is 0 Å². The molecular weight excluding hydrogens is 443 g/mol. The minimum Gasteiger partial charge on any atom is -0.478 e. The van der Waals surface area contributed by atoms with Gasteiger partial charge in [-0.2, -0.15) is 0 Å². The minimum absolute atomic E-state index is 0.427. The highest BCUT2D eigenvalue weighted by Gasteiger charge is 2.54. The molecule has 0 saturated carbocycles. The molecule has 1 aromatic carbocycles. The maximum Gasteiger partial charge on any atom is 0.328 e. The maximum atomic E-state index is 9.55. The molecule has 4 rings (SSSR count). The van der Waals surface area contributed by atoms with Crippen LogP contribution >= 0.6 is 23.2 Å². The van der Waals surface area contributed by atoms with Gasteiger partial charge in [0.05, 0.1) is 15.8 Å². The molecule has 166 valence electrons. The van der Waals surface area contributed by atoms with Crippen LogP contribution in [-0.4, -0.2) is 58.0 Å². The summed E-state index contributed by atoms with van der Waals surface area (Å²) in [5.41, 5.74) is 2.45. The van der Waals surface area contributed by atoms with Crippen molar-refractivity contribution in [2.75, 3.05) is 13.2 Å². The van der Waals surface area contributed by atoms with Gasteiger partial charge in [-0.15, -0.1) is 0 Å². The van der Waals surface area contributed by atoms with Gasteiger partial charge in [0.1, 0.15) is 6.61 Å². The zero-order valence-corrected chi connectivity index (χ0v) is 18.3. The van der Waals surface area contributed by atoms with E-state index < -0.39 is 11.9 Å². The van der Waals surface area contributed by atoms with Crippen LogP contribution < -0.4 is 0 Å². The second-order valence-electron chi connectivity index (χ2n) is 7.69. The minimum atomic E-state index is -1.26. The van der Waals surface area contributed by atoms with E-state index in [0.29, 0.717) is 52.7 Å². The normalized spacial score (nSPS) is 29.5. The molecule has 0 radical (unpaired) electrons. The smallest absolute Gasteiger partial charge is 0.328 e. The van der Waals surface area contributed by atoms with E-state index in [1.54, 1.807) is 6.08 Å². The van der Waals surface area contributed by atoms with Gasteiger partial charge in [-0.05, 0) is 42.9 Å². The summed E-state index contributed by atoms with van der Waals surface area (Å²) in [6, 6.07) is 7.31. The molecule has 4 bridgehead atoms. The number of carbonyl (C=O) groups is 2. The summed E-state index contributed by atoms with van der Waals surface area (Å²) in [6.45, 7) is 5.08. The summed E-state index contributed by atoms with van der Waals surface area (Å²) in [4.78, 5) is 27.1. The number of aliphatic carboxylic acids is 2. The Morgan fingerprint density at radius 2 is 1.90 bits per heavy atom. The Morgan fingerprint density at radius 1 is 1.19 bits per heavy atom. The van der Waals surface area contributed by atoms with Crippen molar-refractivity contribution in [1.29, 1.82) is 0 Å². The molecule has 0 aromatic heterocycles. The number of halogens is 2. The van der Waals surface area contributed by atoms with Crippen molar-refractivity contribution in [3.05, 3.63) is 58.6 Å². The van der Waals surface area contributed by atoms with Crippen LogP contribution in [0, 0.1) is 5.92 Å². The molecule has 9 heteroatoms. The molecule has 0 spiro atoms. The first-order valence-corrected chi connectivity index (χ1v) is 10.7. The number of benzene rings is 1. The van der Waals surface area contributed by atoms with E-state index in [0.717, 1.165) is 6.54 Å². The lowest BCUT2D eigenvalue weighted by Gasteiger charge is -2.36. The molecule has 5 atom stereocenters. The maximum absolute atomic E-state index is 9.55. The van der Waals surface area contributed by atoms with Crippen LogP contribution in [0.4, 0.5) is 0 Å². The second-order valence-corrected chi connectivity index (χ2v) is 8.50. The Morgan fingerprint density at radius 3 is 2.52 bits per heavy atom. The first kappa shape index (κ1) is 23.3. The summed E-state index contributed by atoms with van der Waals surface area (Å²) in [5.74, 6) is -1.64. The Hall–Kier alpha value is -2.35. The number of carboxylic acid groups (broad SMARTS) is 2. The van der Waals surface area contributed by atoms with Crippen LogP contribution in [0.3, 0.4) is 0 Å². The van der Waals surface area contributed by atoms with Crippen molar-refractivity contribution in [2.24, 2.45) is 11.1 Å². The van der Waals surface area contributed by atoms with Crippen molar-refractivity contribution in [2.45, 2.75) is 37.3 Å². The topological polar surface area (TPSA) is 99.4 Å². The summed E-state index contributed by atoms with van der Waals surface area (Å²) in [7, 11) is 0. The molecule has 1 aromatic rings. The zero-order valence-electron chi connectivity index (χ0n) is 16.8. The third-order valence-electron chi connectivity index (χ3n) is 5.91. The summed E-state index contributed by atoms with van der Waals surface area (Å²) in [5, 5.41) is 21.3. The molecule has 0 aliphatic carbocycles.